The minimum absolute atomic E-state index is 0.111. The molecule has 0 unspecified atom stereocenters. The predicted octanol–water partition coefficient (Wildman–Crippen LogP) is 2.61. The number of para-hydroxylation sites is 2. The summed E-state index contributed by atoms with van der Waals surface area (Å²) in [6.07, 6.45) is 6.33. The van der Waals surface area contributed by atoms with Crippen molar-refractivity contribution in [1.82, 2.24) is 9.78 Å². The van der Waals surface area contributed by atoms with Crippen molar-refractivity contribution in [2.45, 2.75) is 31.4 Å². The fourth-order valence-electron chi connectivity index (χ4n) is 2.90. The summed E-state index contributed by atoms with van der Waals surface area (Å²) in [6.45, 7) is -0.136. The molecule has 0 bridgehead atoms. The lowest BCUT2D eigenvalue weighted by Gasteiger charge is -2.20. The molecule has 1 aromatic heterocycles. The quantitative estimate of drug-likeness (QED) is 0.767. The van der Waals surface area contributed by atoms with Crippen LogP contribution in [0.15, 0.2) is 42.7 Å². The fourth-order valence-corrected chi connectivity index (χ4v) is 2.90. The van der Waals surface area contributed by atoms with E-state index in [4.69, 9.17) is 14.2 Å². The topological polar surface area (TPSA) is 62.6 Å². The van der Waals surface area contributed by atoms with Crippen molar-refractivity contribution in [3.8, 4) is 11.5 Å². The van der Waals surface area contributed by atoms with Gasteiger partial charge in [-0.25, -0.2) is 4.79 Å². The van der Waals surface area contributed by atoms with Crippen LogP contribution in [0.5, 0.6) is 11.5 Å². The van der Waals surface area contributed by atoms with Crippen molar-refractivity contribution in [1.29, 1.82) is 0 Å². The molecule has 0 N–H and O–H groups in total. The number of carbonyl (C=O) groups excluding carboxylic acids is 1. The monoisotopic (exact) mass is 316 g/mol. The van der Waals surface area contributed by atoms with Crippen molar-refractivity contribution in [2.75, 3.05) is 13.7 Å². The number of rotatable bonds is 6. The molecule has 2 aromatic rings. The highest BCUT2D eigenvalue weighted by Gasteiger charge is 2.32. The predicted molar refractivity (Wildman–Crippen MR) is 83.5 cm³/mol. The van der Waals surface area contributed by atoms with Gasteiger partial charge in [-0.2, -0.15) is 5.10 Å². The molecule has 23 heavy (non-hydrogen) atoms. The van der Waals surface area contributed by atoms with Crippen molar-refractivity contribution in [3.05, 3.63) is 42.7 Å². The zero-order chi connectivity index (χ0) is 16.1. The average molecular weight is 316 g/mol. The summed E-state index contributed by atoms with van der Waals surface area (Å²) < 4.78 is 18.1. The molecule has 6 heteroatoms. The first-order chi connectivity index (χ1) is 11.3. The lowest BCUT2D eigenvalue weighted by Crippen LogP contribution is -2.27. The molecule has 3 rings (SSSR count). The van der Waals surface area contributed by atoms with Gasteiger partial charge in [-0.15, -0.1) is 0 Å². The Kier molecular flexibility index (Phi) is 4.80. The SMILES string of the molecule is COc1ccccc1OCC(=O)O[C@@H]1CCC[C@H]1n1cccn1. The molecule has 6 nitrogen and oxygen atoms in total. The van der Waals surface area contributed by atoms with Crippen LogP contribution in [0.1, 0.15) is 25.3 Å². The van der Waals surface area contributed by atoms with Crippen molar-refractivity contribution >= 4 is 5.97 Å². The highest BCUT2D eigenvalue weighted by molar-refractivity contribution is 5.71. The number of benzene rings is 1. The van der Waals surface area contributed by atoms with E-state index >= 15 is 0 Å². The third-order valence-corrected chi connectivity index (χ3v) is 3.98. The first-order valence-electron chi connectivity index (χ1n) is 7.72. The maximum atomic E-state index is 12.1. The van der Waals surface area contributed by atoms with E-state index in [2.05, 4.69) is 5.10 Å². The number of hydrogen-bond donors (Lipinski definition) is 0. The number of hydrogen-bond acceptors (Lipinski definition) is 5. The second-order valence-electron chi connectivity index (χ2n) is 5.45. The molecular formula is C17H20N2O4. The molecule has 1 aliphatic rings. The van der Waals surface area contributed by atoms with Gasteiger partial charge in [0.1, 0.15) is 6.10 Å². The zero-order valence-electron chi connectivity index (χ0n) is 13.1. The van der Waals surface area contributed by atoms with E-state index in [-0.39, 0.29) is 24.7 Å². The average Bonchev–Trinajstić information content (AvgIpc) is 3.24. The van der Waals surface area contributed by atoms with Crippen LogP contribution >= 0.6 is 0 Å². The number of methoxy groups -OCH3 is 1. The molecule has 0 saturated heterocycles. The Balaban J connectivity index is 1.55. The molecule has 122 valence electrons. The smallest absolute Gasteiger partial charge is 0.344 e. The van der Waals surface area contributed by atoms with Gasteiger partial charge in [0.05, 0.1) is 13.2 Å². The Morgan fingerprint density at radius 2 is 2.09 bits per heavy atom. The number of esters is 1. The van der Waals surface area contributed by atoms with Gasteiger partial charge in [0.25, 0.3) is 0 Å². The number of ether oxygens (including phenoxy) is 3. The Morgan fingerprint density at radius 3 is 2.83 bits per heavy atom. The number of nitrogens with zero attached hydrogens (tertiary/aromatic N) is 2. The minimum Gasteiger partial charge on any atom is -0.493 e. The molecule has 0 spiro atoms. The first-order valence-corrected chi connectivity index (χ1v) is 7.72. The molecule has 1 heterocycles. The summed E-state index contributed by atoms with van der Waals surface area (Å²) in [4.78, 5) is 12.1. The molecule has 0 radical (unpaired) electrons. The maximum absolute atomic E-state index is 12.1. The third-order valence-electron chi connectivity index (χ3n) is 3.98. The van der Waals surface area contributed by atoms with Gasteiger partial charge in [0, 0.05) is 12.4 Å². The van der Waals surface area contributed by atoms with Crippen LogP contribution in [-0.2, 0) is 9.53 Å². The van der Waals surface area contributed by atoms with Crippen molar-refractivity contribution < 1.29 is 19.0 Å². The van der Waals surface area contributed by atoms with Gasteiger partial charge >= 0.3 is 5.97 Å². The summed E-state index contributed by atoms with van der Waals surface area (Å²) in [5.74, 6) is 0.748. The Bertz CT molecular complexity index is 642. The molecule has 0 amide bonds. The summed E-state index contributed by atoms with van der Waals surface area (Å²) in [5, 5.41) is 4.25. The second kappa shape index (κ2) is 7.17. The van der Waals surface area contributed by atoms with E-state index in [1.165, 1.54) is 0 Å². The highest BCUT2D eigenvalue weighted by atomic mass is 16.6. The zero-order valence-corrected chi connectivity index (χ0v) is 13.1. The van der Waals surface area contributed by atoms with Crippen LogP contribution in [0.3, 0.4) is 0 Å². The van der Waals surface area contributed by atoms with E-state index in [0.717, 1.165) is 19.3 Å². The normalized spacial score (nSPS) is 20.2. The molecule has 0 aliphatic heterocycles. The molecule has 1 fully saturated rings. The molecule has 1 aliphatic carbocycles. The summed E-state index contributed by atoms with van der Waals surface area (Å²) in [6, 6.07) is 9.20. The van der Waals surface area contributed by atoms with E-state index in [9.17, 15) is 4.79 Å². The van der Waals surface area contributed by atoms with Crippen LogP contribution in [0.25, 0.3) is 0 Å². The maximum Gasteiger partial charge on any atom is 0.344 e. The lowest BCUT2D eigenvalue weighted by atomic mass is 10.2. The van der Waals surface area contributed by atoms with E-state index in [1.54, 1.807) is 25.4 Å². The largest absolute Gasteiger partial charge is 0.493 e. The third kappa shape index (κ3) is 3.64. The molecular weight excluding hydrogens is 296 g/mol. The van der Waals surface area contributed by atoms with Crippen LogP contribution in [0.4, 0.5) is 0 Å². The van der Waals surface area contributed by atoms with E-state index in [0.29, 0.717) is 11.5 Å². The number of carbonyl (C=O) groups is 1. The van der Waals surface area contributed by atoms with Crippen molar-refractivity contribution in [3.63, 3.8) is 0 Å². The fraction of sp³-hybridized carbons (Fsp3) is 0.412. The van der Waals surface area contributed by atoms with E-state index in [1.807, 2.05) is 29.1 Å². The van der Waals surface area contributed by atoms with Crippen LogP contribution in [-0.4, -0.2) is 35.6 Å². The van der Waals surface area contributed by atoms with Gasteiger partial charge in [-0.05, 0) is 37.5 Å². The lowest BCUT2D eigenvalue weighted by molar-refractivity contribution is -0.153. The van der Waals surface area contributed by atoms with Gasteiger partial charge in [0.2, 0.25) is 0 Å². The van der Waals surface area contributed by atoms with Crippen molar-refractivity contribution in [2.24, 2.45) is 0 Å². The standard InChI is InChI=1S/C17H20N2O4/c1-21-15-7-2-3-8-16(15)22-12-17(20)23-14-9-4-6-13(14)19-11-5-10-18-19/h2-3,5,7-8,10-11,13-14H,4,6,9,12H2,1H3/t13-,14-/m1/s1. The summed E-state index contributed by atoms with van der Waals surface area (Å²) in [5.41, 5.74) is 0. The van der Waals surface area contributed by atoms with Crippen LogP contribution in [0, 0.1) is 0 Å². The molecule has 2 atom stereocenters. The highest BCUT2D eigenvalue weighted by Crippen LogP contribution is 2.32. The Labute approximate surface area is 135 Å². The Morgan fingerprint density at radius 1 is 1.26 bits per heavy atom. The van der Waals surface area contributed by atoms with Gasteiger partial charge in [-0.1, -0.05) is 12.1 Å². The Hall–Kier alpha value is -2.50. The van der Waals surface area contributed by atoms with Crippen LogP contribution < -0.4 is 9.47 Å². The summed E-state index contributed by atoms with van der Waals surface area (Å²) >= 11 is 0. The van der Waals surface area contributed by atoms with Gasteiger partial charge < -0.3 is 14.2 Å². The summed E-state index contributed by atoms with van der Waals surface area (Å²) in [7, 11) is 1.56. The van der Waals surface area contributed by atoms with Gasteiger partial charge in [-0.3, -0.25) is 4.68 Å². The van der Waals surface area contributed by atoms with Crippen LogP contribution in [0.2, 0.25) is 0 Å². The minimum atomic E-state index is -0.375. The van der Waals surface area contributed by atoms with Gasteiger partial charge in [0.15, 0.2) is 18.1 Å². The van der Waals surface area contributed by atoms with E-state index < -0.39 is 0 Å². The second-order valence-corrected chi connectivity index (χ2v) is 5.45. The first kappa shape index (κ1) is 15.4. The molecule has 1 saturated carbocycles. The number of aromatic nitrogens is 2. The molecule has 1 aromatic carbocycles.